The van der Waals surface area contributed by atoms with Gasteiger partial charge in [0.1, 0.15) is 0 Å². The van der Waals surface area contributed by atoms with E-state index in [1.807, 2.05) is 4.90 Å². The fourth-order valence-electron chi connectivity index (χ4n) is 2.31. The SMILES string of the molecule is CC1CCN(C(=O)c2ccn(C)c(=O)c2)CC1C. The highest BCUT2D eigenvalue weighted by Gasteiger charge is 2.26. The Morgan fingerprint density at radius 1 is 1.33 bits per heavy atom. The van der Waals surface area contributed by atoms with Crippen LogP contribution in [0.1, 0.15) is 30.6 Å². The molecule has 0 spiro atoms. The lowest BCUT2D eigenvalue weighted by atomic mass is 9.88. The zero-order chi connectivity index (χ0) is 13.3. The van der Waals surface area contributed by atoms with Gasteiger partial charge in [-0.2, -0.15) is 0 Å². The van der Waals surface area contributed by atoms with Crippen LogP contribution in [0.3, 0.4) is 0 Å². The summed E-state index contributed by atoms with van der Waals surface area (Å²) in [6, 6.07) is 3.14. The van der Waals surface area contributed by atoms with Gasteiger partial charge in [0.15, 0.2) is 0 Å². The number of nitrogens with zero attached hydrogens (tertiary/aromatic N) is 2. The molecule has 1 fully saturated rings. The van der Waals surface area contributed by atoms with Gasteiger partial charge in [0.2, 0.25) is 0 Å². The van der Waals surface area contributed by atoms with Gasteiger partial charge in [0.05, 0.1) is 0 Å². The Morgan fingerprint density at radius 2 is 2.06 bits per heavy atom. The topological polar surface area (TPSA) is 42.3 Å². The number of pyridine rings is 1. The standard InChI is InChI=1S/C14H20N2O2/c1-10-4-7-16(9-11(10)2)14(18)12-5-6-15(3)13(17)8-12/h5-6,8,10-11H,4,7,9H2,1-3H3. The smallest absolute Gasteiger partial charge is 0.254 e. The third-order valence-electron chi connectivity index (χ3n) is 3.97. The highest BCUT2D eigenvalue weighted by Crippen LogP contribution is 2.23. The first-order chi connectivity index (χ1) is 8.49. The van der Waals surface area contributed by atoms with Crippen LogP contribution in [0.2, 0.25) is 0 Å². The largest absolute Gasteiger partial charge is 0.338 e. The molecule has 1 aliphatic rings. The number of aromatic nitrogens is 1. The lowest BCUT2D eigenvalue weighted by Crippen LogP contribution is -2.42. The number of piperidine rings is 1. The molecule has 4 heteroatoms. The monoisotopic (exact) mass is 248 g/mol. The van der Waals surface area contributed by atoms with Crippen LogP contribution in [0.4, 0.5) is 0 Å². The molecule has 1 saturated heterocycles. The first kappa shape index (κ1) is 12.9. The second-order valence-corrected chi connectivity index (χ2v) is 5.36. The summed E-state index contributed by atoms with van der Waals surface area (Å²) in [5.41, 5.74) is 0.360. The van der Waals surface area contributed by atoms with Gasteiger partial charge in [-0.1, -0.05) is 13.8 Å². The second kappa shape index (κ2) is 4.96. The Kier molecular flexibility index (Phi) is 3.55. The highest BCUT2D eigenvalue weighted by atomic mass is 16.2. The number of carbonyl (C=O) groups excluding carboxylic acids is 1. The minimum Gasteiger partial charge on any atom is -0.338 e. The number of hydrogen-bond acceptors (Lipinski definition) is 2. The summed E-state index contributed by atoms with van der Waals surface area (Å²) in [6.45, 7) is 5.98. The number of amides is 1. The van der Waals surface area contributed by atoms with Gasteiger partial charge in [0.25, 0.3) is 11.5 Å². The first-order valence-electron chi connectivity index (χ1n) is 6.45. The zero-order valence-electron chi connectivity index (χ0n) is 11.2. The highest BCUT2D eigenvalue weighted by molar-refractivity contribution is 5.94. The summed E-state index contributed by atoms with van der Waals surface area (Å²) in [7, 11) is 1.68. The molecule has 1 aliphatic heterocycles. The molecule has 0 radical (unpaired) electrons. The molecule has 2 heterocycles. The Labute approximate surface area is 107 Å². The van der Waals surface area contributed by atoms with Crippen molar-refractivity contribution in [1.29, 1.82) is 0 Å². The predicted octanol–water partition coefficient (Wildman–Crippen LogP) is 1.50. The molecular weight excluding hydrogens is 228 g/mol. The van der Waals surface area contributed by atoms with Crippen molar-refractivity contribution in [3.8, 4) is 0 Å². The van der Waals surface area contributed by atoms with Gasteiger partial charge >= 0.3 is 0 Å². The molecule has 98 valence electrons. The molecule has 0 aromatic carbocycles. The second-order valence-electron chi connectivity index (χ2n) is 5.36. The molecule has 18 heavy (non-hydrogen) atoms. The summed E-state index contributed by atoms with van der Waals surface area (Å²) < 4.78 is 1.47. The van der Waals surface area contributed by atoms with Gasteiger partial charge in [-0.15, -0.1) is 0 Å². The number of likely N-dealkylation sites (tertiary alicyclic amines) is 1. The molecule has 4 nitrogen and oxygen atoms in total. The van der Waals surface area contributed by atoms with Crippen molar-refractivity contribution in [2.75, 3.05) is 13.1 Å². The third kappa shape index (κ3) is 2.47. The molecule has 0 bridgehead atoms. The van der Waals surface area contributed by atoms with Crippen LogP contribution in [0.5, 0.6) is 0 Å². The molecule has 1 amide bonds. The van der Waals surface area contributed by atoms with E-state index in [-0.39, 0.29) is 11.5 Å². The molecule has 2 atom stereocenters. The maximum Gasteiger partial charge on any atom is 0.254 e. The van der Waals surface area contributed by atoms with Gasteiger partial charge in [0, 0.05) is 38.0 Å². The van der Waals surface area contributed by atoms with E-state index in [1.165, 1.54) is 10.6 Å². The normalized spacial score (nSPS) is 24.1. The van der Waals surface area contributed by atoms with Crippen molar-refractivity contribution < 1.29 is 4.79 Å². The average Bonchev–Trinajstić information content (AvgIpc) is 2.35. The van der Waals surface area contributed by atoms with E-state index >= 15 is 0 Å². The molecule has 0 N–H and O–H groups in total. The maximum absolute atomic E-state index is 12.3. The van der Waals surface area contributed by atoms with Crippen LogP contribution in [0, 0.1) is 11.8 Å². The summed E-state index contributed by atoms with van der Waals surface area (Å²) in [5.74, 6) is 1.17. The lowest BCUT2D eigenvalue weighted by Gasteiger charge is -2.35. The van der Waals surface area contributed by atoms with Gasteiger partial charge in [-0.3, -0.25) is 9.59 Å². The Morgan fingerprint density at radius 3 is 2.67 bits per heavy atom. The average molecular weight is 248 g/mol. The van der Waals surface area contributed by atoms with E-state index in [4.69, 9.17) is 0 Å². The molecular formula is C14H20N2O2. The summed E-state index contributed by atoms with van der Waals surface area (Å²) >= 11 is 0. The fourth-order valence-corrected chi connectivity index (χ4v) is 2.31. The van der Waals surface area contributed by atoms with Crippen molar-refractivity contribution in [2.24, 2.45) is 18.9 Å². The van der Waals surface area contributed by atoms with Crippen LogP contribution < -0.4 is 5.56 Å². The van der Waals surface area contributed by atoms with Crippen LogP contribution in [-0.4, -0.2) is 28.5 Å². The number of carbonyl (C=O) groups is 1. The zero-order valence-corrected chi connectivity index (χ0v) is 11.2. The van der Waals surface area contributed by atoms with E-state index in [0.29, 0.717) is 17.4 Å². The van der Waals surface area contributed by atoms with Crippen molar-refractivity contribution >= 4 is 5.91 Å². The van der Waals surface area contributed by atoms with E-state index in [2.05, 4.69) is 13.8 Å². The Hall–Kier alpha value is -1.58. The number of hydrogen-bond donors (Lipinski definition) is 0. The molecule has 0 aliphatic carbocycles. The minimum atomic E-state index is -0.140. The van der Waals surface area contributed by atoms with E-state index in [0.717, 1.165) is 19.5 Å². The Bertz CT molecular complexity index is 507. The van der Waals surface area contributed by atoms with Crippen LogP contribution in [0.15, 0.2) is 23.1 Å². The lowest BCUT2D eigenvalue weighted by molar-refractivity contribution is 0.0627. The summed E-state index contributed by atoms with van der Waals surface area (Å²) in [5, 5.41) is 0. The van der Waals surface area contributed by atoms with Crippen molar-refractivity contribution in [3.05, 3.63) is 34.2 Å². The van der Waals surface area contributed by atoms with Crippen molar-refractivity contribution in [1.82, 2.24) is 9.47 Å². The maximum atomic E-state index is 12.3. The fraction of sp³-hybridized carbons (Fsp3) is 0.571. The van der Waals surface area contributed by atoms with Crippen molar-refractivity contribution in [3.63, 3.8) is 0 Å². The third-order valence-corrected chi connectivity index (χ3v) is 3.97. The number of rotatable bonds is 1. The van der Waals surface area contributed by atoms with Gasteiger partial charge < -0.3 is 9.47 Å². The Balaban J connectivity index is 2.16. The van der Waals surface area contributed by atoms with E-state index < -0.39 is 0 Å². The molecule has 2 unspecified atom stereocenters. The van der Waals surface area contributed by atoms with Crippen LogP contribution in [-0.2, 0) is 7.05 Å². The summed E-state index contributed by atoms with van der Waals surface area (Å²) in [6.07, 6.45) is 2.68. The molecule has 0 saturated carbocycles. The van der Waals surface area contributed by atoms with Gasteiger partial charge in [-0.25, -0.2) is 0 Å². The number of aryl methyl sites for hydroxylation is 1. The molecule has 1 aromatic rings. The van der Waals surface area contributed by atoms with Crippen LogP contribution >= 0.6 is 0 Å². The van der Waals surface area contributed by atoms with Crippen LogP contribution in [0.25, 0.3) is 0 Å². The van der Waals surface area contributed by atoms with E-state index in [1.54, 1.807) is 19.3 Å². The van der Waals surface area contributed by atoms with Gasteiger partial charge in [-0.05, 0) is 24.3 Å². The molecule has 1 aromatic heterocycles. The summed E-state index contributed by atoms with van der Waals surface area (Å²) in [4.78, 5) is 25.7. The first-order valence-corrected chi connectivity index (χ1v) is 6.45. The minimum absolute atomic E-state index is 0.0218. The van der Waals surface area contributed by atoms with Crippen molar-refractivity contribution in [2.45, 2.75) is 20.3 Å². The quantitative estimate of drug-likeness (QED) is 0.756. The van der Waals surface area contributed by atoms with E-state index in [9.17, 15) is 9.59 Å². The molecule has 2 rings (SSSR count). The predicted molar refractivity (Wildman–Crippen MR) is 70.5 cm³/mol.